The molecule has 1 N–H and O–H groups in total. The Balaban J connectivity index is 1.26. The van der Waals surface area contributed by atoms with Crippen molar-refractivity contribution in [2.24, 2.45) is 0 Å². The number of benzene rings is 1. The lowest BCUT2D eigenvalue weighted by atomic mass is 9.89. The van der Waals surface area contributed by atoms with Gasteiger partial charge >= 0.3 is 5.97 Å². The van der Waals surface area contributed by atoms with E-state index in [-0.39, 0.29) is 18.6 Å². The van der Waals surface area contributed by atoms with Gasteiger partial charge in [-0.15, -0.1) is 0 Å². The number of rotatable bonds is 9. The maximum Gasteiger partial charge on any atom is 0.305 e. The van der Waals surface area contributed by atoms with Gasteiger partial charge in [0.25, 0.3) is 0 Å². The summed E-state index contributed by atoms with van der Waals surface area (Å²) in [5.41, 5.74) is 3.40. The smallest absolute Gasteiger partial charge is 0.305 e. The van der Waals surface area contributed by atoms with Gasteiger partial charge < -0.3 is 19.5 Å². The van der Waals surface area contributed by atoms with Crippen LogP contribution < -0.4 is 4.90 Å². The average molecular weight is 455 g/mol. The van der Waals surface area contributed by atoms with Crippen LogP contribution in [0.4, 0.5) is 5.95 Å². The minimum atomic E-state index is -0.824. The number of piperidine rings is 1. The van der Waals surface area contributed by atoms with Crippen molar-refractivity contribution in [1.82, 2.24) is 14.9 Å². The van der Waals surface area contributed by atoms with Crippen molar-refractivity contribution in [3.05, 3.63) is 53.3 Å². The largest absolute Gasteiger partial charge is 0.481 e. The Morgan fingerprint density at radius 1 is 1.18 bits per heavy atom. The zero-order chi connectivity index (χ0) is 23.1. The van der Waals surface area contributed by atoms with E-state index >= 15 is 0 Å². The van der Waals surface area contributed by atoms with Crippen LogP contribution >= 0.6 is 0 Å². The highest BCUT2D eigenvalue weighted by atomic mass is 16.5. The standard InChI is InChI=1S/C25H34N4O4/c1-20-5-10-26-24(27-20)29-13-16-33-25(19-29)8-11-28(12-9-25)18-22-4-2-3-21(17-22)6-14-32-15-7-23(30)31/h2-5,10,17H,6-9,11-16,18-19H2,1H3,(H,30,31). The molecule has 1 aromatic carbocycles. The molecule has 2 saturated heterocycles. The number of carbonyl (C=O) groups is 1. The number of ether oxygens (including phenoxy) is 2. The second-order valence-corrected chi connectivity index (χ2v) is 9.05. The van der Waals surface area contributed by atoms with Crippen LogP contribution in [-0.4, -0.2) is 77.5 Å². The highest BCUT2D eigenvalue weighted by molar-refractivity contribution is 5.66. The summed E-state index contributed by atoms with van der Waals surface area (Å²) in [6, 6.07) is 10.5. The Bertz CT molecular complexity index is 930. The van der Waals surface area contributed by atoms with Crippen molar-refractivity contribution in [3.63, 3.8) is 0 Å². The van der Waals surface area contributed by atoms with Gasteiger partial charge in [0.15, 0.2) is 0 Å². The minimum Gasteiger partial charge on any atom is -0.481 e. The maximum absolute atomic E-state index is 10.6. The lowest BCUT2D eigenvalue weighted by Gasteiger charge is -2.47. The van der Waals surface area contributed by atoms with Gasteiger partial charge in [-0.3, -0.25) is 9.69 Å². The van der Waals surface area contributed by atoms with Crippen molar-refractivity contribution in [2.45, 2.75) is 44.8 Å². The molecule has 2 aliphatic rings. The number of nitrogens with zero attached hydrogens (tertiary/aromatic N) is 4. The number of likely N-dealkylation sites (tertiary alicyclic amines) is 1. The van der Waals surface area contributed by atoms with Gasteiger partial charge in [-0.1, -0.05) is 24.3 Å². The number of hydrogen-bond acceptors (Lipinski definition) is 7. The summed E-state index contributed by atoms with van der Waals surface area (Å²) in [5, 5.41) is 8.68. The highest BCUT2D eigenvalue weighted by Crippen LogP contribution is 2.32. The lowest BCUT2D eigenvalue weighted by molar-refractivity contribution is -0.138. The number of aliphatic carboxylic acids is 1. The Morgan fingerprint density at radius 3 is 2.79 bits per heavy atom. The molecule has 3 heterocycles. The molecule has 4 rings (SSSR count). The van der Waals surface area contributed by atoms with Crippen LogP contribution in [0.25, 0.3) is 0 Å². The van der Waals surface area contributed by atoms with Gasteiger partial charge in [-0.2, -0.15) is 0 Å². The summed E-state index contributed by atoms with van der Waals surface area (Å²) in [6.45, 7) is 8.14. The third-order valence-corrected chi connectivity index (χ3v) is 6.47. The molecule has 0 radical (unpaired) electrons. The van der Waals surface area contributed by atoms with Gasteiger partial charge in [0.2, 0.25) is 5.95 Å². The van der Waals surface area contributed by atoms with Gasteiger partial charge in [-0.25, -0.2) is 9.97 Å². The van der Waals surface area contributed by atoms with E-state index in [1.165, 1.54) is 11.1 Å². The fourth-order valence-electron chi connectivity index (χ4n) is 4.62. The summed E-state index contributed by atoms with van der Waals surface area (Å²) in [5.74, 6) is -0.0148. The zero-order valence-corrected chi connectivity index (χ0v) is 19.4. The molecule has 8 heteroatoms. The molecule has 2 aromatic rings. The van der Waals surface area contributed by atoms with E-state index in [2.05, 4.69) is 44.0 Å². The fourth-order valence-corrected chi connectivity index (χ4v) is 4.62. The quantitative estimate of drug-likeness (QED) is 0.579. The molecule has 0 bridgehead atoms. The summed E-state index contributed by atoms with van der Waals surface area (Å²) >= 11 is 0. The van der Waals surface area contributed by atoms with E-state index in [0.717, 1.165) is 63.6 Å². The van der Waals surface area contributed by atoms with E-state index in [1.54, 1.807) is 0 Å². The normalized spacial score (nSPS) is 18.5. The molecule has 1 spiro atoms. The number of hydrogen-bond donors (Lipinski definition) is 1. The van der Waals surface area contributed by atoms with Crippen LogP contribution in [0.5, 0.6) is 0 Å². The van der Waals surface area contributed by atoms with E-state index < -0.39 is 5.97 Å². The van der Waals surface area contributed by atoms with Crippen LogP contribution in [-0.2, 0) is 27.2 Å². The van der Waals surface area contributed by atoms with E-state index in [9.17, 15) is 4.79 Å². The van der Waals surface area contributed by atoms with E-state index in [1.807, 2.05) is 19.2 Å². The second-order valence-electron chi connectivity index (χ2n) is 9.05. The predicted octanol–water partition coefficient (Wildman–Crippen LogP) is 2.69. The summed E-state index contributed by atoms with van der Waals surface area (Å²) < 4.78 is 11.7. The average Bonchev–Trinajstić information content (AvgIpc) is 2.81. The third-order valence-electron chi connectivity index (χ3n) is 6.47. The zero-order valence-electron chi connectivity index (χ0n) is 19.4. The number of carboxylic acid groups (broad SMARTS) is 1. The van der Waals surface area contributed by atoms with Crippen molar-refractivity contribution < 1.29 is 19.4 Å². The predicted molar refractivity (Wildman–Crippen MR) is 125 cm³/mol. The van der Waals surface area contributed by atoms with Crippen LogP contribution in [0.1, 0.15) is 36.1 Å². The Kier molecular flexibility index (Phi) is 7.90. The third kappa shape index (κ3) is 6.72. The minimum absolute atomic E-state index is 0.0516. The Morgan fingerprint density at radius 2 is 2.00 bits per heavy atom. The van der Waals surface area contributed by atoms with Crippen LogP contribution in [0.2, 0.25) is 0 Å². The van der Waals surface area contributed by atoms with Gasteiger partial charge in [0.1, 0.15) is 0 Å². The number of carboxylic acids is 1. The number of morpholine rings is 1. The first kappa shape index (κ1) is 23.6. The fraction of sp³-hybridized carbons (Fsp3) is 0.560. The molecule has 0 aliphatic carbocycles. The molecule has 0 saturated carbocycles. The van der Waals surface area contributed by atoms with Crippen molar-refractivity contribution >= 4 is 11.9 Å². The second kappa shape index (κ2) is 11.0. The van der Waals surface area contributed by atoms with Crippen molar-refractivity contribution in [2.75, 3.05) is 50.9 Å². The van der Waals surface area contributed by atoms with Crippen molar-refractivity contribution in [3.8, 4) is 0 Å². The molecule has 2 fully saturated rings. The maximum atomic E-state index is 10.6. The van der Waals surface area contributed by atoms with Gasteiger partial charge in [-0.05, 0) is 43.4 Å². The molecular formula is C25H34N4O4. The van der Waals surface area contributed by atoms with Crippen LogP contribution in [0, 0.1) is 6.92 Å². The van der Waals surface area contributed by atoms with Crippen LogP contribution in [0.3, 0.4) is 0 Å². The Hall–Kier alpha value is -2.55. The SMILES string of the molecule is Cc1ccnc(N2CCOC3(CCN(Cc4cccc(CCOCCC(=O)O)c4)CC3)C2)n1. The van der Waals surface area contributed by atoms with Crippen molar-refractivity contribution in [1.29, 1.82) is 0 Å². The molecule has 0 atom stereocenters. The van der Waals surface area contributed by atoms with E-state index in [0.29, 0.717) is 13.2 Å². The van der Waals surface area contributed by atoms with E-state index in [4.69, 9.17) is 14.6 Å². The lowest BCUT2D eigenvalue weighted by Crippen LogP contribution is -2.57. The molecule has 8 nitrogen and oxygen atoms in total. The number of aromatic nitrogens is 2. The summed E-state index contributed by atoms with van der Waals surface area (Å²) in [7, 11) is 0. The first-order valence-electron chi connectivity index (χ1n) is 11.8. The molecule has 1 aromatic heterocycles. The van der Waals surface area contributed by atoms with Gasteiger partial charge in [0, 0.05) is 38.1 Å². The van der Waals surface area contributed by atoms with Gasteiger partial charge in [0.05, 0.1) is 38.4 Å². The first-order valence-corrected chi connectivity index (χ1v) is 11.8. The summed E-state index contributed by atoms with van der Waals surface area (Å²) in [4.78, 5) is 24.4. The molecule has 178 valence electrons. The monoisotopic (exact) mass is 454 g/mol. The van der Waals surface area contributed by atoms with Crippen LogP contribution in [0.15, 0.2) is 36.5 Å². The molecular weight excluding hydrogens is 420 g/mol. The molecule has 33 heavy (non-hydrogen) atoms. The molecule has 2 aliphatic heterocycles. The molecule has 0 unspecified atom stereocenters. The topological polar surface area (TPSA) is 88.0 Å². The highest BCUT2D eigenvalue weighted by Gasteiger charge is 2.40. The summed E-state index contributed by atoms with van der Waals surface area (Å²) in [6.07, 6.45) is 4.69. The molecule has 0 amide bonds. The Labute approximate surface area is 195 Å². The number of aryl methyl sites for hydroxylation is 1. The number of anilines is 1. The first-order chi connectivity index (χ1) is 16.0.